The van der Waals surface area contributed by atoms with E-state index in [1.54, 1.807) is 18.2 Å². The van der Waals surface area contributed by atoms with E-state index in [1.165, 1.54) is 33.3 Å². The number of benzene rings is 1. The minimum atomic E-state index is -0.596. The van der Waals surface area contributed by atoms with Gasteiger partial charge in [0.15, 0.2) is 17.3 Å². The molecule has 0 spiro atoms. The molecule has 0 unspecified atom stereocenters. The lowest BCUT2D eigenvalue weighted by molar-refractivity contribution is 0.101. The van der Waals surface area contributed by atoms with Crippen LogP contribution in [0.5, 0.6) is 11.5 Å². The predicted molar refractivity (Wildman–Crippen MR) is 101 cm³/mol. The van der Waals surface area contributed by atoms with Gasteiger partial charge in [-0.25, -0.2) is 0 Å². The number of hydrogen-bond acceptors (Lipinski definition) is 5. The lowest BCUT2D eigenvalue weighted by Gasteiger charge is -2.18. The number of ether oxygens (including phenoxy) is 2. The summed E-state index contributed by atoms with van der Waals surface area (Å²) >= 11 is 0. The molecule has 142 valence electrons. The second-order valence-electron chi connectivity index (χ2n) is 6.46. The molecule has 25 heavy (non-hydrogen) atoms. The maximum absolute atomic E-state index is 11.4. The van der Waals surface area contributed by atoms with Crippen molar-refractivity contribution in [3.8, 4) is 11.5 Å². The van der Waals surface area contributed by atoms with Gasteiger partial charge in [0.1, 0.15) is 12.7 Å². The fourth-order valence-electron chi connectivity index (χ4n) is 2.65. The number of hydrogen-bond donors (Lipinski definition) is 2. The van der Waals surface area contributed by atoms with Crippen LogP contribution in [-0.2, 0) is 0 Å². The van der Waals surface area contributed by atoms with Gasteiger partial charge in [0.25, 0.3) is 0 Å². The molecule has 5 nitrogen and oxygen atoms in total. The number of carbonyl (C=O) groups excluding carboxylic acids is 1. The van der Waals surface area contributed by atoms with Gasteiger partial charge in [-0.2, -0.15) is 0 Å². The molecule has 5 heteroatoms. The molecule has 1 aromatic rings. The quantitative estimate of drug-likeness (QED) is 0.533. The van der Waals surface area contributed by atoms with Crippen molar-refractivity contribution in [1.29, 1.82) is 0 Å². The molecular weight excluding hydrogens is 318 g/mol. The largest absolute Gasteiger partial charge is 0.493 e. The Labute approximate surface area is 151 Å². The SMILES string of the molecule is CCCC[C@H](CC)CNC[C@H](O)COc1ccc(C(C)=O)cc1OC. The molecule has 1 rings (SSSR count). The predicted octanol–water partition coefficient (Wildman–Crippen LogP) is 3.44. The lowest BCUT2D eigenvalue weighted by Crippen LogP contribution is -2.34. The van der Waals surface area contributed by atoms with Crippen LogP contribution in [0, 0.1) is 5.92 Å². The van der Waals surface area contributed by atoms with E-state index in [-0.39, 0.29) is 12.4 Å². The molecular formula is C20H33NO4. The van der Waals surface area contributed by atoms with Crippen LogP contribution in [0.2, 0.25) is 0 Å². The molecule has 0 aromatic heterocycles. The molecule has 2 N–H and O–H groups in total. The Morgan fingerprint density at radius 3 is 2.60 bits per heavy atom. The van der Waals surface area contributed by atoms with Crippen molar-refractivity contribution in [2.45, 2.75) is 52.6 Å². The molecule has 0 aliphatic carbocycles. The molecule has 0 fully saturated rings. The Morgan fingerprint density at radius 2 is 2.00 bits per heavy atom. The zero-order valence-corrected chi connectivity index (χ0v) is 16.0. The van der Waals surface area contributed by atoms with Gasteiger partial charge in [0.2, 0.25) is 0 Å². The highest BCUT2D eigenvalue weighted by Crippen LogP contribution is 2.28. The van der Waals surface area contributed by atoms with Crippen LogP contribution in [0.25, 0.3) is 0 Å². The van der Waals surface area contributed by atoms with E-state index < -0.39 is 6.10 Å². The summed E-state index contributed by atoms with van der Waals surface area (Å²) in [6, 6.07) is 5.06. The second-order valence-corrected chi connectivity index (χ2v) is 6.46. The van der Waals surface area contributed by atoms with Gasteiger partial charge in [-0.15, -0.1) is 0 Å². The Bertz CT molecular complexity index is 518. The van der Waals surface area contributed by atoms with Crippen molar-refractivity contribution in [1.82, 2.24) is 5.32 Å². The molecule has 0 bridgehead atoms. The Balaban J connectivity index is 2.40. The molecule has 0 aliphatic rings. The summed E-state index contributed by atoms with van der Waals surface area (Å²) in [5, 5.41) is 13.4. The molecule has 0 radical (unpaired) electrons. The molecule has 0 saturated carbocycles. The first-order chi connectivity index (χ1) is 12.0. The average Bonchev–Trinajstić information content (AvgIpc) is 2.62. The fourth-order valence-corrected chi connectivity index (χ4v) is 2.65. The topological polar surface area (TPSA) is 67.8 Å². The molecule has 2 atom stereocenters. The van der Waals surface area contributed by atoms with Crippen molar-refractivity contribution in [3.63, 3.8) is 0 Å². The highest BCUT2D eigenvalue weighted by Gasteiger charge is 2.12. The van der Waals surface area contributed by atoms with E-state index in [2.05, 4.69) is 19.2 Å². The molecule has 0 aliphatic heterocycles. The highest BCUT2D eigenvalue weighted by atomic mass is 16.5. The van der Waals surface area contributed by atoms with Crippen molar-refractivity contribution < 1.29 is 19.4 Å². The van der Waals surface area contributed by atoms with E-state index in [1.807, 2.05) is 0 Å². The van der Waals surface area contributed by atoms with Crippen molar-refractivity contribution in [2.24, 2.45) is 5.92 Å². The van der Waals surface area contributed by atoms with Crippen LogP contribution in [-0.4, -0.2) is 43.8 Å². The zero-order valence-electron chi connectivity index (χ0n) is 16.0. The number of ketones is 1. The van der Waals surface area contributed by atoms with Crippen LogP contribution in [0.4, 0.5) is 0 Å². The van der Waals surface area contributed by atoms with Gasteiger partial charge in [-0.3, -0.25) is 4.79 Å². The van der Waals surface area contributed by atoms with E-state index in [4.69, 9.17) is 9.47 Å². The minimum Gasteiger partial charge on any atom is -0.493 e. The van der Waals surface area contributed by atoms with Crippen molar-refractivity contribution in [2.75, 3.05) is 26.8 Å². The number of rotatable bonds is 13. The maximum atomic E-state index is 11.4. The molecule has 1 aromatic carbocycles. The standard InChI is InChI=1S/C20H33NO4/c1-5-7-8-16(6-2)12-21-13-18(23)14-25-19-10-9-17(15(3)22)11-20(19)24-4/h9-11,16,18,21,23H,5-8,12-14H2,1-4H3/t16-,18-/m0/s1. The first-order valence-electron chi connectivity index (χ1n) is 9.22. The Hall–Kier alpha value is -1.59. The third-order valence-corrected chi connectivity index (χ3v) is 4.36. The molecule has 0 saturated heterocycles. The summed E-state index contributed by atoms with van der Waals surface area (Å²) in [4.78, 5) is 11.4. The van der Waals surface area contributed by atoms with Gasteiger partial charge in [-0.1, -0.05) is 33.1 Å². The number of aliphatic hydroxyl groups excluding tert-OH is 1. The van der Waals surface area contributed by atoms with Crippen molar-refractivity contribution >= 4 is 5.78 Å². The van der Waals surface area contributed by atoms with E-state index in [0.29, 0.717) is 29.5 Å². The van der Waals surface area contributed by atoms with Gasteiger partial charge in [-0.05, 0) is 44.0 Å². The Morgan fingerprint density at radius 1 is 1.24 bits per heavy atom. The number of nitrogens with one attached hydrogen (secondary N) is 1. The summed E-state index contributed by atoms with van der Waals surface area (Å²) in [6.07, 6.45) is 4.26. The van der Waals surface area contributed by atoms with Crippen LogP contribution >= 0.6 is 0 Å². The zero-order chi connectivity index (χ0) is 18.7. The summed E-state index contributed by atoms with van der Waals surface area (Å²) in [6.45, 7) is 7.51. The van der Waals surface area contributed by atoms with Gasteiger partial charge < -0.3 is 19.9 Å². The van der Waals surface area contributed by atoms with Gasteiger partial charge in [0.05, 0.1) is 7.11 Å². The first-order valence-corrected chi connectivity index (χ1v) is 9.22. The van der Waals surface area contributed by atoms with Crippen molar-refractivity contribution in [3.05, 3.63) is 23.8 Å². The lowest BCUT2D eigenvalue weighted by atomic mass is 9.99. The van der Waals surface area contributed by atoms with Crippen LogP contribution in [0.3, 0.4) is 0 Å². The smallest absolute Gasteiger partial charge is 0.161 e. The summed E-state index contributed by atoms with van der Waals surface area (Å²) in [7, 11) is 1.53. The molecule has 0 amide bonds. The number of methoxy groups -OCH3 is 1. The van der Waals surface area contributed by atoms with E-state index in [9.17, 15) is 9.90 Å². The maximum Gasteiger partial charge on any atom is 0.161 e. The normalized spacial score (nSPS) is 13.3. The van der Waals surface area contributed by atoms with E-state index >= 15 is 0 Å². The number of Topliss-reactive ketones (excluding diaryl/α,β-unsaturated/α-hetero) is 1. The van der Waals surface area contributed by atoms with Crippen LogP contribution in [0.1, 0.15) is 56.8 Å². The third-order valence-electron chi connectivity index (χ3n) is 4.36. The summed E-state index contributed by atoms with van der Waals surface area (Å²) in [5.41, 5.74) is 0.573. The highest BCUT2D eigenvalue weighted by molar-refractivity contribution is 5.94. The minimum absolute atomic E-state index is 0.0253. The number of aliphatic hydroxyl groups is 1. The number of unbranched alkanes of at least 4 members (excludes halogenated alkanes) is 1. The number of carbonyl (C=O) groups is 1. The average molecular weight is 351 g/mol. The Kier molecular flexibility index (Phi) is 10.2. The third kappa shape index (κ3) is 7.88. The van der Waals surface area contributed by atoms with Gasteiger partial charge in [0, 0.05) is 12.1 Å². The second kappa shape index (κ2) is 11.9. The summed E-state index contributed by atoms with van der Waals surface area (Å²) < 4.78 is 10.9. The monoisotopic (exact) mass is 351 g/mol. The first kappa shape index (κ1) is 21.5. The van der Waals surface area contributed by atoms with E-state index in [0.717, 1.165) is 13.0 Å². The van der Waals surface area contributed by atoms with Gasteiger partial charge >= 0.3 is 0 Å². The molecule has 0 heterocycles. The summed E-state index contributed by atoms with van der Waals surface area (Å²) in [5.74, 6) is 1.66. The van der Waals surface area contributed by atoms with Crippen LogP contribution in [0.15, 0.2) is 18.2 Å². The van der Waals surface area contributed by atoms with Crippen LogP contribution < -0.4 is 14.8 Å². The fraction of sp³-hybridized carbons (Fsp3) is 0.650.